The molecule has 0 amide bonds. The summed E-state index contributed by atoms with van der Waals surface area (Å²) in [6, 6.07) is 8.27. The predicted molar refractivity (Wildman–Crippen MR) is 94.6 cm³/mol. The Morgan fingerprint density at radius 3 is 2.35 bits per heavy atom. The van der Waals surface area contributed by atoms with Gasteiger partial charge in [0.15, 0.2) is 0 Å². The lowest BCUT2D eigenvalue weighted by atomic mass is 10.0. The van der Waals surface area contributed by atoms with Crippen LogP contribution in [0.5, 0.6) is 5.75 Å². The van der Waals surface area contributed by atoms with Crippen LogP contribution in [0.3, 0.4) is 0 Å². The summed E-state index contributed by atoms with van der Waals surface area (Å²) in [5.41, 5.74) is 1.57. The average molecular weight is 307 g/mol. The molecule has 0 saturated heterocycles. The topological polar surface area (TPSA) is 9.23 Å². The number of hydrogen-bond acceptors (Lipinski definition) is 1. The van der Waals surface area contributed by atoms with E-state index >= 15 is 0 Å². The zero-order valence-electron chi connectivity index (χ0n) is 14.4. The van der Waals surface area contributed by atoms with Crippen molar-refractivity contribution < 1.29 is 4.43 Å². The largest absolute Gasteiger partial charge is 0.544 e. The van der Waals surface area contributed by atoms with Crippen molar-refractivity contribution in [1.29, 1.82) is 0 Å². The van der Waals surface area contributed by atoms with Crippen LogP contribution in [-0.2, 0) is 0 Å². The molecule has 0 fully saturated rings. The quantitative estimate of drug-likeness (QED) is 0.690. The van der Waals surface area contributed by atoms with E-state index < -0.39 is 16.4 Å². The lowest BCUT2D eigenvalue weighted by Gasteiger charge is -2.36. The van der Waals surface area contributed by atoms with E-state index in [0.717, 1.165) is 11.7 Å². The minimum atomic E-state index is -1.73. The normalized spacial score (nSPS) is 21.7. The first-order chi connectivity index (χ1) is 8.94. The van der Waals surface area contributed by atoms with Gasteiger partial charge < -0.3 is 4.43 Å². The van der Waals surface area contributed by atoms with Crippen molar-refractivity contribution in [3.63, 3.8) is 0 Å². The number of benzene rings is 1. The van der Waals surface area contributed by atoms with Crippen LogP contribution in [0.25, 0.3) is 0 Å². The van der Waals surface area contributed by atoms with Gasteiger partial charge in [-0.05, 0) is 47.8 Å². The molecule has 1 aliphatic heterocycles. The van der Waals surface area contributed by atoms with Gasteiger partial charge in [-0.25, -0.2) is 0 Å². The van der Waals surface area contributed by atoms with E-state index in [1.807, 2.05) is 0 Å². The van der Waals surface area contributed by atoms with Gasteiger partial charge >= 0.3 is 0 Å². The van der Waals surface area contributed by atoms with Crippen molar-refractivity contribution in [3.05, 3.63) is 23.8 Å². The summed E-state index contributed by atoms with van der Waals surface area (Å²) >= 11 is 0. The first-order valence-corrected chi connectivity index (χ1v) is 13.9. The molecule has 2 rings (SSSR count). The fourth-order valence-electron chi connectivity index (χ4n) is 3.05. The maximum absolute atomic E-state index is 6.48. The van der Waals surface area contributed by atoms with Crippen molar-refractivity contribution in [2.24, 2.45) is 0 Å². The van der Waals surface area contributed by atoms with E-state index in [-0.39, 0.29) is 5.04 Å². The van der Waals surface area contributed by atoms with Gasteiger partial charge in [0.1, 0.15) is 5.75 Å². The summed E-state index contributed by atoms with van der Waals surface area (Å²) in [5.74, 6) is 1.83. The van der Waals surface area contributed by atoms with Crippen molar-refractivity contribution in [2.45, 2.75) is 70.9 Å². The van der Waals surface area contributed by atoms with Crippen LogP contribution in [0.1, 0.15) is 39.2 Å². The Hall–Kier alpha value is -0.546. The summed E-state index contributed by atoms with van der Waals surface area (Å²) in [5, 5.41) is 1.88. The monoisotopic (exact) mass is 306 g/mol. The van der Waals surface area contributed by atoms with E-state index in [9.17, 15) is 0 Å². The molecular formula is C17H30OSi2. The Balaban J connectivity index is 2.34. The van der Waals surface area contributed by atoms with Gasteiger partial charge in [0.05, 0.1) is 8.07 Å². The second-order valence-electron chi connectivity index (χ2n) is 8.60. The third-order valence-corrected chi connectivity index (χ3v) is 13.2. The molecule has 0 unspecified atom stereocenters. The SMILES string of the molecule is C[C@H]1C[Si](C)(C)c2cc(O[Si](C)(C)C(C)(C)C)ccc21. The van der Waals surface area contributed by atoms with Crippen LogP contribution in [0.4, 0.5) is 0 Å². The molecule has 1 nitrogen and oxygen atoms in total. The molecule has 3 heteroatoms. The first kappa shape index (κ1) is 15.8. The third kappa shape index (κ3) is 2.75. The molecule has 0 radical (unpaired) electrons. The van der Waals surface area contributed by atoms with Crippen molar-refractivity contribution in [1.82, 2.24) is 0 Å². The van der Waals surface area contributed by atoms with E-state index in [1.54, 1.807) is 10.8 Å². The van der Waals surface area contributed by atoms with Crippen LogP contribution in [-0.4, -0.2) is 16.4 Å². The maximum atomic E-state index is 6.48. The van der Waals surface area contributed by atoms with Crippen LogP contribution in [0.2, 0.25) is 37.3 Å². The molecule has 0 saturated carbocycles. The highest BCUT2D eigenvalue weighted by atomic mass is 28.4. The van der Waals surface area contributed by atoms with Gasteiger partial charge in [0, 0.05) is 0 Å². The van der Waals surface area contributed by atoms with Crippen LogP contribution < -0.4 is 9.61 Å². The standard InChI is InChI=1S/C17H30OSi2/c1-13-12-19(5,6)16-11-14(9-10-15(13)16)18-20(7,8)17(2,3)4/h9-11,13H,12H2,1-8H3/t13-/m0/s1. The minimum Gasteiger partial charge on any atom is -0.544 e. The van der Waals surface area contributed by atoms with Gasteiger partial charge in [-0.2, -0.15) is 0 Å². The molecule has 0 bridgehead atoms. The minimum absolute atomic E-state index is 0.256. The van der Waals surface area contributed by atoms with Gasteiger partial charge in [-0.1, -0.05) is 52.0 Å². The molecule has 0 spiro atoms. The fraction of sp³-hybridized carbons (Fsp3) is 0.647. The zero-order chi connectivity index (χ0) is 15.3. The van der Waals surface area contributed by atoms with Crippen molar-refractivity contribution in [3.8, 4) is 5.75 Å². The number of rotatable bonds is 2. The van der Waals surface area contributed by atoms with E-state index in [1.165, 1.54) is 6.04 Å². The molecule has 1 atom stereocenters. The Kier molecular flexibility index (Phi) is 3.75. The van der Waals surface area contributed by atoms with Crippen LogP contribution in [0, 0.1) is 0 Å². The lowest BCUT2D eigenvalue weighted by Crippen LogP contribution is -2.44. The highest BCUT2D eigenvalue weighted by Crippen LogP contribution is 2.39. The summed E-state index contributed by atoms with van der Waals surface area (Å²) in [6.07, 6.45) is 0. The van der Waals surface area contributed by atoms with E-state index in [2.05, 4.69) is 72.1 Å². The molecule has 0 aliphatic carbocycles. The highest BCUT2D eigenvalue weighted by molar-refractivity contribution is 6.91. The summed E-state index contributed by atoms with van der Waals surface area (Å²) < 4.78 is 6.48. The zero-order valence-corrected chi connectivity index (χ0v) is 16.4. The Labute approximate surface area is 126 Å². The molecule has 1 heterocycles. The van der Waals surface area contributed by atoms with Gasteiger partial charge in [-0.15, -0.1) is 0 Å². The van der Waals surface area contributed by atoms with E-state index in [4.69, 9.17) is 4.43 Å². The van der Waals surface area contributed by atoms with Gasteiger partial charge in [-0.3, -0.25) is 0 Å². The fourth-order valence-corrected chi connectivity index (χ4v) is 7.69. The van der Waals surface area contributed by atoms with Crippen LogP contribution in [0.15, 0.2) is 18.2 Å². The van der Waals surface area contributed by atoms with Gasteiger partial charge in [0.25, 0.3) is 0 Å². The second-order valence-corrected chi connectivity index (χ2v) is 18.0. The first-order valence-electron chi connectivity index (χ1n) is 7.77. The molecule has 0 aromatic heterocycles. The number of hydrogen-bond donors (Lipinski definition) is 0. The predicted octanol–water partition coefficient (Wildman–Crippen LogP) is 5.10. The third-order valence-electron chi connectivity index (χ3n) is 5.28. The molecular weight excluding hydrogens is 276 g/mol. The van der Waals surface area contributed by atoms with Crippen molar-refractivity contribution in [2.75, 3.05) is 0 Å². The lowest BCUT2D eigenvalue weighted by molar-refractivity contribution is 0.492. The summed E-state index contributed by atoms with van der Waals surface area (Å²) in [4.78, 5) is 0. The molecule has 0 N–H and O–H groups in total. The molecule has 1 aromatic carbocycles. The highest BCUT2D eigenvalue weighted by Gasteiger charge is 2.40. The second kappa shape index (κ2) is 4.74. The molecule has 20 heavy (non-hydrogen) atoms. The van der Waals surface area contributed by atoms with Crippen LogP contribution >= 0.6 is 0 Å². The Morgan fingerprint density at radius 1 is 1.20 bits per heavy atom. The molecule has 1 aromatic rings. The average Bonchev–Trinajstić information content (AvgIpc) is 2.47. The summed E-state index contributed by atoms with van der Waals surface area (Å²) in [7, 11) is -2.97. The van der Waals surface area contributed by atoms with Gasteiger partial charge in [0.2, 0.25) is 8.32 Å². The summed E-state index contributed by atoms with van der Waals surface area (Å²) in [6.45, 7) is 18.9. The smallest absolute Gasteiger partial charge is 0.250 e. The Bertz CT molecular complexity index is 512. The number of fused-ring (bicyclic) bond motifs is 1. The van der Waals surface area contributed by atoms with Crippen molar-refractivity contribution >= 4 is 21.6 Å². The van der Waals surface area contributed by atoms with E-state index in [0.29, 0.717) is 0 Å². The molecule has 112 valence electrons. The maximum Gasteiger partial charge on any atom is 0.250 e. The molecule has 1 aliphatic rings. The Morgan fingerprint density at radius 2 is 1.80 bits per heavy atom.